The van der Waals surface area contributed by atoms with Crippen LogP contribution in [0.1, 0.15) is 34.1 Å². The zero-order chi connectivity index (χ0) is 11.4. The molecule has 0 aliphatic carbocycles. The Balaban J connectivity index is 3.71. The Morgan fingerprint density at radius 1 is 1.36 bits per heavy atom. The zero-order valence-corrected chi connectivity index (χ0v) is 10.2. The molecule has 0 heterocycles. The Morgan fingerprint density at radius 2 is 1.86 bits per heavy atom. The smallest absolute Gasteiger partial charge is 0.265 e. The van der Waals surface area contributed by atoms with Crippen LogP contribution in [0.5, 0.6) is 0 Å². The second-order valence-corrected chi connectivity index (χ2v) is 6.32. The summed E-state index contributed by atoms with van der Waals surface area (Å²) in [6, 6.07) is 0. The maximum atomic E-state index is 10.5. The number of nitrogens with one attached hydrogen (secondary N) is 1. The normalized spacial score (nSPS) is 15.5. The molecule has 0 aliphatic heterocycles. The molecule has 0 fully saturated rings. The molecule has 1 unspecified atom stereocenters. The van der Waals surface area contributed by atoms with Crippen molar-refractivity contribution in [2.45, 2.75) is 39.7 Å². The van der Waals surface area contributed by atoms with Gasteiger partial charge in [-0.05, 0) is 39.7 Å². The van der Waals surface area contributed by atoms with Crippen LogP contribution in [0.4, 0.5) is 0 Å². The highest BCUT2D eigenvalue weighted by atomic mass is 32.2. The maximum Gasteiger partial charge on any atom is 0.265 e. The fourth-order valence-corrected chi connectivity index (χ4v) is 2.02. The molecule has 0 aromatic carbocycles. The third kappa shape index (κ3) is 9.95. The van der Waals surface area contributed by atoms with Crippen LogP contribution < -0.4 is 5.32 Å². The second-order valence-electron chi connectivity index (χ2n) is 4.82. The largest absolute Gasteiger partial charge is 0.312 e. The standard InChI is InChI=1S/C9H21NO3S/c1-8(7-14(11,12)13)5-6-10-9(2,3)4/h8,10H,5-7H2,1-4H3,(H,11,12,13). The first-order valence-corrected chi connectivity index (χ1v) is 6.41. The first-order chi connectivity index (χ1) is 6.10. The van der Waals surface area contributed by atoms with Crippen molar-refractivity contribution < 1.29 is 13.0 Å². The molecule has 0 radical (unpaired) electrons. The van der Waals surface area contributed by atoms with Crippen LogP contribution in [0.3, 0.4) is 0 Å². The van der Waals surface area contributed by atoms with Crippen LogP contribution in [-0.4, -0.2) is 30.8 Å². The molecule has 14 heavy (non-hydrogen) atoms. The van der Waals surface area contributed by atoms with E-state index in [0.29, 0.717) is 0 Å². The molecule has 5 heteroatoms. The molecule has 0 amide bonds. The lowest BCUT2D eigenvalue weighted by Gasteiger charge is -2.21. The Bertz CT molecular complexity index is 254. The topological polar surface area (TPSA) is 66.4 Å². The van der Waals surface area contributed by atoms with Crippen LogP contribution in [0.15, 0.2) is 0 Å². The van der Waals surface area contributed by atoms with Crippen molar-refractivity contribution in [3.8, 4) is 0 Å². The van der Waals surface area contributed by atoms with Crippen molar-refractivity contribution in [1.82, 2.24) is 5.32 Å². The Hall–Kier alpha value is -0.130. The van der Waals surface area contributed by atoms with Crippen molar-refractivity contribution in [3.05, 3.63) is 0 Å². The lowest BCUT2D eigenvalue weighted by Crippen LogP contribution is -2.37. The van der Waals surface area contributed by atoms with E-state index in [1.807, 2.05) is 6.92 Å². The molecule has 1 atom stereocenters. The summed E-state index contributed by atoms with van der Waals surface area (Å²) in [5.74, 6) is -0.168. The Labute approximate surface area is 86.8 Å². The van der Waals surface area contributed by atoms with Crippen molar-refractivity contribution in [2.75, 3.05) is 12.3 Å². The summed E-state index contributed by atoms with van der Waals surface area (Å²) in [5.41, 5.74) is 0.0534. The monoisotopic (exact) mass is 223 g/mol. The molecular weight excluding hydrogens is 202 g/mol. The fourth-order valence-electron chi connectivity index (χ4n) is 1.14. The van der Waals surface area contributed by atoms with Crippen molar-refractivity contribution >= 4 is 10.1 Å². The van der Waals surface area contributed by atoms with E-state index in [-0.39, 0.29) is 17.2 Å². The minimum Gasteiger partial charge on any atom is -0.312 e. The van der Waals surface area contributed by atoms with Crippen LogP contribution in [-0.2, 0) is 10.1 Å². The summed E-state index contributed by atoms with van der Waals surface area (Å²) in [5, 5.41) is 3.26. The van der Waals surface area contributed by atoms with Gasteiger partial charge in [-0.2, -0.15) is 8.42 Å². The van der Waals surface area contributed by atoms with Crippen molar-refractivity contribution in [3.63, 3.8) is 0 Å². The number of hydrogen-bond donors (Lipinski definition) is 2. The van der Waals surface area contributed by atoms with E-state index in [0.717, 1.165) is 13.0 Å². The summed E-state index contributed by atoms with van der Waals surface area (Å²) >= 11 is 0. The molecule has 0 aliphatic rings. The first-order valence-electron chi connectivity index (χ1n) is 4.80. The van der Waals surface area contributed by atoms with Gasteiger partial charge in [-0.3, -0.25) is 4.55 Å². The van der Waals surface area contributed by atoms with Crippen LogP contribution in [0.2, 0.25) is 0 Å². The summed E-state index contributed by atoms with van der Waals surface area (Å²) < 4.78 is 29.7. The predicted octanol–water partition coefficient (Wildman–Crippen LogP) is 1.29. The van der Waals surface area contributed by atoms with E-state index >= 15 is 0 Å². The Kier molecular flexibility index (Phi) is 5.05. The van der Waals surface area contributed by atoms with Crippen LogP contribution in [0.25, 0.3) is 0 Å². The summed E-state index contributed by atoms with van der Waals surface area (Å²) in [6.07, 6.45) is 0.747. The van der Waals surface area contributed by atoms with E-state index in [1.54, 1.807) is 0 Å². The zero-order valence-electron chi connectivity index (χ0n) is 9.37. The van der Waals surface area contributed by atoms with E-state index in [4.69, 9.17) is 4.55 Å². The van der Waals surface area contributed by atoms with Crippen molar-refractivity contribution in [1.29, 1.82) is 0 Å². The first kappa shape index (κ1) is 13.9. The van der Waals surface area contributed by atoms with Gasteiger partial charge in [0.05, 0.1) is 5.75 Å². The molecule has 0 bridgehead atoms. The van der Waals surface area contributed by atoms with Gasteiger partial charge in [-0.15, -0.1) is 0 Å². The molecule has 0 aromatic heterocycles. The molecule has 0 rings (SSSR count). The average molecular weight is 223 g/mol. The van der Waals surface area contributed by atoms with Crippen LogP contribution >= 0.6 is 0 Å². The van der Waals surface area contributed by atoms with Gasteiger partial charge in [0, 0.05) is 5.54 Å². The molecule has 4 nitrogen and oxygen atoms in total. The minimum absolute atomic E-state index is 0.0140. The maximum absolute atomic E-state index is 10.5. The fraction of sp³-hybridized carbons (Fsp3) is 1.00. The summed E-state index contributed by atoms with van der Waals surface area (Å²) in [7, 11) is -3.82. The Morgan fingerprint density at radius 3 is 2.21 bits per heavy atom. The van der Waals surface area contributed by atoms with Gasteiger partial charge < -0.3 is 5.32 Å². The average Bonchev–Trinajstić information content (AvgIpc) is 1.78. The van der Waals surface area contributed by atoms with Gasteiger partial charge in [0.2, 0.25) is 0 Å². The lowest BCUT2D eigenvalue weighted by atomic mass is 10.1. The molecule has 0 spiro atoms. The third-order valence-electron chi connectivity index (χ3n) is 1.79. The van der Waals surface area contributed by atoms with Gasteiger partial charge in [-0.1, -0.05) is 6.92 Å². The highest BCUT2D eigenvalue weighted by molar-refractivity contribution is 7.85. The molecule has 0 saturated heterocycles. The van der Waals surface area contributed by atoms with Gasteiger partial charge in [-0.25, -0.2) is 0 Å². The van der Waals surface area contributed by atoms with E-state index < -0.39 is 10.1 Å². The minimum atomic E-state index is -3.82. The van der Waals surface area contributed by atoms with Crippen LogP contribution in [0, 0.1) is 5.92 Å². The van der Waals surface area contributed by atoms with Gasteiger partial charge >= 0.3 is 0 Å². The quantitative estimate of drug-likeness (QED) is 0.689. The highest BCUT2D eigenvalue weighted by Crippen LogP contribution is 2.06. The van der Waals surface area contributed by atoms with Gasteiger partial charge in [0.15, 0.2) is 0 Å². The molecule has 0 aromatic rings. The van der Waals surface area contributed by atoms with Gasteiger partial charge in [0.1, 0.15) is 0 Å². The van der Waals surface area contributed by atoms with Crippen molar-refractivity contribution in [2.24, 2.45) is 5.92 Å². The number of hydrogen-bond acceptors (Lipinski definition) is 3. The van der Waals surface area contributed by atoms with Gasteiger partial charge in [0.25, 0.3) is 10.1 Å². The van der Waals surface area contributed by atoms with E-state index in [1.165, 1.54) is 0 Å². The molecular formula is C9H21NO3S. The lowest BCUT2D eigenvalue weighted by molar-refractivity contribution is 0.398. The molecule has 86 valence electrons. The third-order valence-corrected chi connectivity index (χ3v) is 2.78. The number of rotatable bonds is 5. The molecule has 0 saturated carbocycles. The van der Waals surface area contributed by atoms with E-state index in [9.17, 15) is 8.42 Å². The van der Waals surface area contributed by atoms with E-state index in [2.05, 4.69) is 26.1 Å². The summed E-state index contributed by atoms with van der Waals surface area (Å²) in [4.78, 5) is 0. The SMILES string of the molecule is CC(CCNC(C)(C)C)CS(=O)(=O)O. The predicted molar refractivity (Wildman–Crippen MR) is 58.0 cm³/mol. The molecule has 2 N–H and O–H groups in total. The summed E-state index contributed by atoms with van der Waals surface area (Å²) in [6.45, 7) is 8.75. The second kappa shape index (κ2) is 5.09. The highest BCUT2D eigenvalue weighted by Gasteiger charge is 2.13.